The van der Waals surface area contributed by atoms with Crippen LogP contribution in [0.15, 0.2) is 36.4 Å². The molecule has 3 aliphatic rings. The number of hydrogen-bond donors (Lipinski definition) is 1. The van der Waals surface area contributed by atoms with Crippen LogP contribution >= 0.6 is 11.6 Å². The van der Waals surface area contributed by atoms with Gasteiger partial charge in [0.05, 0.1) is 28.7 Å². The lowest BCUT2D eigenvalue weighted by molar-refractivity contribution is -0.126. The fourth-order valence-electron chi connectivity index (χ4n) is 5.63. The Balaban J connectivity index is 1.46. The third kappa shape index (κ3) is 2.84. The lowest BCUT2D eigenvalue weighted by atomic mass is 9.65. The number of fused-ring (bicyclic) bond motifs is 3. The normalized spacial score (nSPS) is 20.5. The summed E-state index contributed by atoms with van der Waals surface area (Å²) in [6, 6.07) is 10.9. The molecule has 6 rings (SSSR count). The molecule has 0 bridgehead atoms. The molecule has 31 heavy (non-hydrogen) atoms. The van der Waals surface area contributed by atoms with Crippen LogP contribution in [-0.4, -0.2) is 28.5 Å². The van der Waals surface area contributed by atoms with E-state index >= 15 is 0 Å². The van der Waals surface area contributed by atoms with Gasteiger partial charge in [-0.15, -0.1) is 0 Å². The summed E-state index contributed by atoms with van der Waals surface area (Å²) in [7, 11) is 0. The molecule has 1 aliphatic carbocycles. The number of carbonyl (C=O) groups excluding carboxylic acids is 1. The van der Waals surface area contributed by atoms with Crippen LogP contribution in [0.1, 0.15) is 49.5 Å². The molecule has 1 saturated carbocycles. The summed E-state index contributed by atoms with van der Waals surface area (Å²) in [5, 5.41) is 4.06. The molecule has 1 spiro atoms. The Morgan fingerprint density at radius 3 is 2.71 bits per heavy atom. The average Bonchev–Trinajstić information content (AvgIpc) is 3.21. The van der Waals surface area contributed by atoms with Crippen LogP contribution in [-0.2, 0) is 16.8 Å². The predicted molar refractivity (Wildman–Crippen MR) is 119 cm³/mol. The number of benzene rings is 2. The van der Waals surface area contributed by atoms with Crippen LogP contribution in [0, 0.1) is 5.82 Å². The molecule has 7 heteroatoms. The number of carbonyl (C=O) groups is 1. The highest BCUT2D eigenvalue weighted by molar-refractivity contribution is 6.31. The first kappa shape index (κ1) is 19.3. The van der Waals surface area contributed by atoms with E-state index in [9.17, 15) is 9.18 Å². The van der Waals surface area contributed by atoms with Crippen molar-refractivity contribution in [1.82, 2.24) is 14.9 Å². The summed E-state index contributed by atoms with van der Waals surface area (Å²) in [5.74, 6) is 0.608. The van der Waals surface area contributed by atoms with Crippen LogP contribution in [0.3, 0.4) is 0 Å². The van der Waals surface area contributed by atoms with E-state index in [-0.39, 0.29) is 11.7 Å². The van der Waals surface area contributed by atoms with Crippen molar-refractivity contribution in [2.75, 3.05) is 18.0 Å². The Labute approximate surface area is 185 Å². The summed E-state index contributed by atoms with van der Waals surface area (Å²) in [5.41, 5.74) is 3.07. The summed E-state index contributed by atoms with van der Waals surface area (Å²) in [4.78, 5) is 20.2. The van der Waals surface area contributed by atoms with Gasteiger partial charge in [0.1, 0.15) is 11.6 Å². The fraction of sp³-hybridized carbons (Fsp3) is 0.417. The molecular weight excluding hydrogens is 415 g/mol. The van der Waals surface area contributed by atoms with Crippen LogP contribution < -0.4 is 10.2 Å². The monoisotopic (exact) mass is 438 g/mol. The van der Waals surface area contributed by atoms with Crippen molar-refractivity contribution in [1.29, 1.82) is 0 Å². The Morgan fingerprint density at radius 1 is 1.16 bits per heavy atom. The number of amides is 1. The third-order valence-electron chi connectivity index (χ3n) is 7.33. The second-order valence-electron chi connectivity index (χ2n) is 9.00. The van der Waals surface area contributed by atoms with E-state index in [4.69, 9.17) is 16.6 Å². The number of anilines is 1. The highest BCUT2D eigenvalue weighted by Gasteiger charge is 2.54. The van der Waals surface area contributed by atoms with E-state index < -0.39 is 5.41 Å². The third-order valence-corrected chi connectivity index (χ3v) is 7.56. The Kier molecular flexibility index (Phi) is 4.37. The highest BCUT2D eigenvalue weighted by Crippen LogP contribution is 2.54. The number of piperidine rings is 1. The van der Waals surface area contributed by atoms with Crippen LogP contribution in [0.5, 0.6) is 0 Å². The Morgan fingerprint density at radius 2 is 1.97 bits per heavy atom. The lowest BCUT2D eigenvalue weighted by Gasteiger charge is -2.37. The molecule has 2 fully saturated rings. The van der Waals surface area contributed by atoms with Gasteiger partial charge in [0.15, 0.2) is 0 Å². The largest absolute Gasteiger partial charge is 0.323 e. The van der Waals surface area contributed by atoms with E-state index in [1.54, 1.807) is 11.0 Å². The molecule has 1 saturated heterocycles. The number of rotatable bonds is 3. The SMILES string of the molecule is O=C1N(Cc2nc3cc(Cl)ccc3n2C2CCNCC2)c2cc(F)ccc2C12CCC2. The van der Waals surface area contributed by atoms with Gasteiger partial charge < -0.3 is 14.8 Å². The molecule has 2 aliphatic heterocycles. The minimum absolute atomic E-state index is 0.0845. The van der Waals surface area contributed by atoms with Gasteiger partial charge in [-0.25, -0.2) is 9.37 Å². The second kappa shape index (κ2) is 7.04. The molecule has 1 amide bonds. The van der Waals surface area contributed by atoms with Gasteiger partial charge >= 0.3 is 0 Å². The van der Waals surface area contributed by atoms with Crippen LogP contribution in [0.25, 0.3) is 11.0 Å². The molecule has 0 unspecified atom stereocenters. The number of hydrogen-bond acceptors (Lipinski definition) is 3. The van der Waals surface area contributed by atoms with Crippen molar-refractivity contribution < 1.29 is 9.18 Å². The first-order chi connectivity index (χ1) is 15.1. The van der Waals surface area contributed by atoms with E-state index in [1.807, 2.05) is 18.2 Å². The van der Waals surface area contributed by atoms with Gasteiger partial charge in [-0.1, -0.05) is 24.1 Å². The minimum atomic E-state index is -0.474. The van der Waals surface area contributed by atoms with E-state index in [2.05, 4.69) is 9.88 Å². The topological polar surface area (TPSA) is 50.2 Å². The standard InChI is InChI=1S/C24H24ClFN4O/c25-15-2-5-20-19(12-15)28-22(30(20)17-6-10-27-11-7-17)14-29-21-13-16(26)3-4-18(21)24(23(29)31)8-1-9-24/h2-5,12-13,17,27H,1,6-11,14H2. The van der Waals surface area contributed by atoms with Gasteiger partial charge in [-0.05, 0) is 74.7 Å². The van der Waals surface area contributed by atoms with E-state index in [0.29, 0.717) is 23.3 Å². The number of halogens is 2. The van der Waals surface area contributed by atoms with Gasteiger partial charge in [-0.3, -0.25) is 4.79 Å². The Hall–Kier alpha value is -2.44. The van der Waals surface area contributed by atoms with Gasteiger partial charge in [0, 0.05) is 11.1 Å². The van der Waals surface area contributed by atoms with Crippen molar-refractivity contribution >= 4 is 34.2 Å². The average molecular weight is 439 g/mol. The molecule has 2 aromatic carbocycles. The first-order valence-electron chi connectivity index (χ1n) is 11.1. The van der Waals surface area contributed by atoms with Crippen molar-refractivity contribution in [3.8, 4) is 0 Å². The summed E-state index contributed by atoms with van der Waals surface area (Å²) in [6.07, 6.45) is 4.71. The molecule has 0 atom stereocenters. The molecule has 1 aromatic heterocycles. The molecular formula is C24H24ClFN4O. The van der Waals surface area contributed by atoms with Gasteiger partial charge in [0.2, 0.25) is 5.91 Å². The fourth-order valence-corrected chi connectivity index (χ4v) is 5.80. The van der Waals surface area contributed by atoms with E-state index in [1.165, 1.54) is 12.1 Å². The molecule has 1 N–H and O–H groups in total. The van der Waals surface area contributed by atoms with Crippen molar-refractivity contribution in [3.05, 3.63) is 58.6 Å². The quantitative estimate of drug-likeness (QED) is 0.643. The van der Waals surface area contributed by atoms with Crippen molar-refractivity contribution in [2.24, 2.45) is 0 Å². The molecule has 3 heterocycles. The lowest BCUT2D eigenvalue weighted by Crippen LogP contribution is -2.45. The molecule has 0 radical (unpaired) electrons. The molecule has 160 valence electrons. The number of imidazole rings is 1. The number of aromatic nitrogens is 2. The zero-order valence-corrected chi connectivity index (χ0v) is 18.0. The Bertz CT molecular complexity index is 1200. The second-order valence-corrected chi connectivity index (χ2v) is 9.44. The maximum absolute atomic E-state index is 14.2. The van der Waals surface area contributed by atoms with Crippen LogP contribution in [0.2, 0.25) is 5.02 Å². The molecule has 3 aromatic rings. The first-order valence-corrected chi connectivity index (χ1v) is 11.4. The zero-order valence-electron chi connectivity index (χ0n) is 17.2. The number of nitrogens with zero attached hydrogens (tertiary/aromatic N) is 3. The maximum Gasteiger partial charge on any atom is 0.238 e. The minimum Gasteiger partial charge on any atom is -0.323 e. The summed E-state index contributed by atoms with van der Waals surface area (Å²) < 4.78 is 16.5. The van der Waals surface area contributed by atoms with Crippen molar-refractivity contribution in [2.45, 2.75) is 50.1 Å². The van der Waals surface area contributed by atoms with Crippen LogP contribution in [0.4, 0.5) is 10.1 Å². The van der Waals surface area contributed by atoms with Gasteiger partial charge in [0.25, 0.3) is 0 Å². The maximum atomic E-state index is 14.2. The smallest absolute Gasteiger partial charge is 0.238 e. The summed E-state index contributed by atoms with van der Waals surface area (Å²) in [6.45, 7) is 2.25. The van der Waals surface area contributed by atoms with E-state index in [0.717, 1.165) is 67.6 Å². The summed E-state index contributed by atoms with van der Waals surface area (Å²) >= 11 is 6.24. The van der Waals surface area contributed by atoms with Gasteiger partial charge in [-0.2, -0.15) is 0 Å². The zero-order chi connectivity index (χ0) is 21.2. The highest BCUT2D eigenvalue weighted by atomic mass is 35.5. The van der Waals surface area contributed by atoms with Crippen molar-refractivity contribution in [3.63, 3.8) is 0 Å². The molecule has 5 nitrogen and oxygen atoms in total. The number of nitrogens with one attached hydrogen (secondary N) is 1. The predicted octanol–water partition coefficient (Wildman–Crippen LogP) is 4.72.